The second-order valence-electron chi connectivity index (χ2n) is 2.17. The lowest BCUT2D eigenvalue weighted by Gasteiger charge is -2.30. The van der Waals surface area contributed by atoms with E-state index >= 15 is 0 Å². The summed E-state index contributed by atoms with van der Waals surface area (Å²) < 4.78 is 5.03. The molecule has 0 amide bonds. The Balaban J connectivity index is 2.13. The zero-order valence-electron chi connectivity index (χ0n) is 5.13. The Labute approximate surface area is 49.5 Å². The van der Waals surface area contributed by atoms with E-state index in [-0.39, 0.29) is 12.2 Å². The molecule has 0 aromatic heterocycles. The van der Waals surface area contributed by atoms with Crippen LogP contribution in [0.1, 0.15) is 19.8 Å². The van der Waals surface area contributed by atoms with E-state index in [1.807, 2.05) is 6.92 Å². The second-order valence-corrected chi connectivity index (χ2v) is 2.17. The highest BCUT2D eigenvalue weighted by molar-refractivity contribution is 4.73. The van der Waals surface area contributed by atoms with Crippen molar-refractivity contribution in [1.29, 1.82) is 0 Å². The second kappa shape index (κ2) is 2.46. The van der Waals surface area contributed by atoms with Crippen LogP contribution in [0, 0.1) is 0 Å². The molecule has 48 valence electrons. The van der Waals surface area contributed by atoms with Gasteiger partial charge < -0.3 is 9.84 Å². The smallest absolute Gasteiger partial charge is 0.0855 e. The quantitative estimate of drug-likeness (QED) is 0.570. The fourth-order valence-corrected chi connectivity index (χ4v) is 0.820. The van der Waals surface area contributed by atoms with Gasteiger partial charge in [0.1, 0.15) is 0 Å². The highest BCUT2D eigenvalue weighted by atomic mass is 16.5. The minimum absolute atomic E-state index is 0.153. The summed E-state index contributed by atoms with van der Waals surface area (Å²) in [6, 6.07) is 0. The molecule has 1 N–H and O–H groups in total. The summed E-state index contributed by atoms with van der Waals surface area (Å²) in [5, 5.41) is 9.05. The van der Waals surface area contributed by atoms with Gasteiger partial charge in [-0.15, -0.1) is 0 Å². The molecule has 1 saturated heterocycles. The summed E-state index contributed by atoms with van der Waals surface area (Å²) in [5.74, 6) is 0. The van der Waals surface area contributed by atoms with Gasteiger partial charge in [-0.1, -0.05) is 6.92 Å². The van der Waals surface area contributed by atoms with Crippen molar-refractivity contribution in [3.8, 4) is 0 Å². The number of hydrogen-bond acceptors (Lipinski definition) is 2. The predicted molar refractivity (Wildman–Crippen MR) is 30.7 cm³/mol. The summed E-state index contributed by atoms with van der Waals surface area (Å²) in [5.41, 5.74) is 0. The van der Waals surface area contributed by atoms with Crippen molar-refractivity contribution in [3.63, 3.8) is 0 Å². The van der Waals surface area contributed by atoms with Crippen LogP contribution >= 0.6 is 0 Å². The zero-order chi connectivity index (χ0) is 5.98. The third-order valence-corrected chi connectivity index (χ3v) is 1.58. The van der Waals surface area contributed by atoms with Crippen molar-refractivity contribution < 1.29 is 9.84 Å². The van der Waals surface area contributed by atoms with Crippen LogP contribution in [0.3, 0.4) is 0 Å². The summed E-state index contributed by atoms with van der Waals surface area (Å²) in [7, 11) is 0. The van der Waals surface area contributed by atoms with Crippen LogP contribution in [0.2, 0.25) is 0 Å². The maximum atomic E-state index is 9.05. The van der Waals surface area contributed by atoms with Gasteiger partial charge in [-0.3, -0.25) is 0 Å². The fraction of sp³-hybridized carbons (Fsp3) is 1.00. The third kappa shape index (κ3) is 1.01. The van der Waals surface area contributed by atoms with Gasteiger partial charge in [0.25, 0.3) is 0 Å². The van der Waals surface area contributed by atoms with E-state index in [1.54, 1.807) is 0 Å². The van der Waals surface area contributed by atoms with E-state index in [9.17, 15) is 0 Å². The maximum absolute atomic E-state index is 9.05. The summed E-state index contributed by atoms with van der Waals surface area (Å²) in [6.45, 7) is 2.80. The minimum atomic E-state index is -0.219. The molecule has 0 aromatic carbocycles. The van der Waals surface area contributed by atoms with E-state index in [2.05, 4.69) is 0 Å². The normalized spacial score (nSPS) is 31.5. The first kappa shape index (κ1) is 6.05. The standard InChI is InChI=1S/C6H12O2/c1-2-5(7)6-3-4-8-6/h5-7H,2-4H2,1H3. The van der Waals surface area contributed by atoms with Crippen molar-refractivity contribution in [1.82, 2.24) is 0 Å². The van der Waals surface area contributed by atoms with Crippen LogP contribution in [0.25, 0.3) is 0 Å². The van der Waals surface area contributed by atoms with Gasteiger partial charge in [0, 0.05) is 6.61 Å². The minimum Gasteiger partial charge on any atom is -0.390 e. The lowest BCUT2D eigenvalue weighted by molar-refractivity contribution is -0.116. The van der Waals surface area contributed by atoms with E-state index in [4.69, 9.17) is 9.84 Å². The molecule has 2 unspecified atom stereocenters. The first-order chi connectivity index (χ1) is 3.84. The Morgan fingerprint density at radius 3 is 2.62 bits per heavy atom. The fourth-order valence-electron chi connectivity index (χ4n) is 0.820. The van der Waals surface area contributed by atoms with Gasteiger partial charge in [-0.05, 0) is 12.8 Å². The number of ether oxygens (including phenoxy) is 1. The van der Waals surface area contributed by atoms with Gasteiger partial charge >= 0.3 is 0 Å². The first-order valence-corrected chi connectivity index (χ1v) is 3.14. The van der Waals surface area contributed by atoms with Crippen LogP contribution in [-0.2, 0) is 4.74 Å². The Morgan fingerprint density at radius 2 is 2.50 bits per heavy atom. The van der Waals surface area contributed by atoms with Gasteiger partial charge in [0.05, 0.1) is 12.2 Å². The van der Waals surface area contributed by atoms with Crippen LogP contribution in [0.5, 0.6) is 0 Å². The highest BCUT2D eigenvalue weighted by Crippen LogP contribution is 2.16. The van der Waals surface area contributed by atoms with Gasteiger partial charge in [-0.2, -0.15) is 0 Å². The Morgan fingerprint density at radius 1 is 1.88 bits per heavy atom. The number of aliphatic hydroxyl groups excluding tert-OH is 1. The molecular weight excluding hydrogens is 104 g/mol. The molecule has 0 radical (unpaired) electrons. The summed E-state index contributed by atoms with van der Waals surface area (Å²) in [4.78, 5) is 0. The zero-order valence-corrected chi connectivity index (χ0v) is 5.13. The van der Waals surface area contributed by atoms with Crippen molar-refractivity contribution in [2.45, 2.75) is 32.0 Å². The average molecular weight is 116 g/mol. The van der Waals surface area contributed by atoms with E-state index in [1.165, 1.54) is 0 Å². The van der Waals surface area contributed by atoms with Crippen molar-refractivity contribution >= 4 is 0 Å². The molecule has 0 bridgehead atoms. The van der Waals surface area contributed by atoms with Gasteiger partial charge in [0.15, 0.2) is 0 Å². The molecule has 2 heteroatoms. The Hall–Kier alpha value is -0.0800. The molecule has 1 aliphatic heterocycles. The first-order valence-electron chi connectivity index (χ1n) is 3.14. The van der Waals surface area contributed by atoms with Crippen LogP contribution in [-0.4, -0.2) is 23.9 Å². The molecule has 0 saturated carbocycles. The SMILES string of the molecule is CCC(O)C1CCO1. The molecule has 0 aromatic rings. The van der Waals surface area contributed by atoms with Crippen LogP contribution < -0.4 is 0 Å². The molecular formula is C6H12O2. The molecule has 1 fully saturated rings. The number of hydrogen-bond donors (Lipinski definition) is 1. The molecule has 8 heavy (non-hydrogen) atoms. The monoisotopic (exact) mass is 116 g/mol. The molecule has 1 aliphatic rings. The number of rotatable bonds is 2. The van der Waals surface area contributed by atoms with Crippen molar-refractivity contribution in [3.05, 3.63) is 0 Å². The third-order valence-electron chi connectivity index (χ3n) is 1.58. The molecule has 0 spiro atoms. The molecule has 1 heterocycles. The lowest BCUT2D eigenvalue weighted by atomic mass is 10.1. The van der Waals surface area contributed by atoms with Crippen LogP contribution in [0.15, 0.2) is 0 Å². The summed E-state index contributed by atoms with van der Waals surface area (Å²) >= 11 is 0. The van der Waals surface area contributed by atoms with Crippen molar-refractivity contribution in [2.24, 2.45) is 0 Å². The highest BCUT2D eigenvalue weighted by Gasteiger charge is 2.24. The number of aliphatic hydroxyl groups is 1. The van der Waals surface area contributed by atoms with Crippen LogP contribution in [0.4, 0.5) is 0 Å². The largest absolute Gasteiger partial charge is 0.390 e. The molecule has 2 atom stereocenters. The molecule has 2 nitrogen and oxygen atoms in total. The predicted octanol–water partition coefficient (Wildman–Crippen LogP) is 0.546. The summed E-state index contributed by atoms with van der Waals surface area (Å²) in [6.07, 6.45) is 1.78. The topological polar surface area (TPSA) is 29.5 Å². The van der Waals surface area contributed by atoms with Gasteiger partial charge in [0.2, 0.25) is 0 Å². The average Bonchev–Trinajstić information content (AvgIpc) is 1.62. The van der Waals surface area contributed by atoms with E-state index < -0.39 is 0 Å². The van der Waals surface area contributed by atoms with E-state index in [0.717, 1.165) is 19.4 Å². The van der Waals surface area contributed by atoms with E-state index in [0.29, 0.717) is 0 Å². The lowest BCUT2D eigenvalue weighted by Crippen LogP contribution is -2.37. The van der Waals surface area contributed by atoms with Crippen molar-refractivity contribution in [2.75, 3.05) is 6.61 Å². The molecule has 1 rings (SSSR count). The maximum Gasteiger partial charge on any atom is 0.0855 e. The Kier molecular flexibility index (Phi) is 1.86. The molecule has 0 aliphatic carbocycles. The van der Waals surface area contributed by atoms with Gasteiger partial charge in [-0.25, -0.2) is 0 Å². The Bertz CT molecular complexity index is 66.2.